The summed E-state index contributed by atoms with van der Waals surface area (Å²) in [6.07, 6.45) is 1.47. The predicted octanol–water partition coefficient (Wildman–Crippen LogP) is 2.02. The number of nitrogens with zero attached hydrogens (tertiary/aromatic N) is 2. The van der Waals surface area contributed by atoms with Crippen LogP contribution in [0, 0.1) is 0 Å². The van der Waals surface area contributed by atoms with Gasteiger partial charge in [0.1, 0.15) is 5.75 Å². The summed E-state index contributed by atoms with van der Waals surface area (Å²) in [6.45, 7) is 0.364. The van der Waals surface area contributed by atoms with Gasteiger partial charge < -0.3 is 21.1 Å². The van der Waals surface area contributed by atoms with Crippen LogP contribution >= 0.6 is 0 Å². The summed E-state index contributed by atoms with van der Waals surface area (Å²) in [7, 11) is 3.09. The van der Waals surface area contributed by atoms with Crippen LogP contribution in [0.4, 0.5) is 5.82 Å². The molecule has 0 unspecified atom stereocenters. The largest absolute Gasteiger partial charge is 0.497 e. The monoisotopic (exact) mass is 391 g/mol. The van der Waals surface area contributed by atoms with Crippen molar-refractivity contribution >= 4 is 17.6 Å². The van der Waals surface area contributed by atoms with Crippen molar-refractivity contribution in [3.63, 3.8) is 0 Å². The summed E-state index contributed by atoms with van der Waals surface area (Å²) in [5, 5.41) is 5.35. The number of carbonyl (C=O) groups excluding carboxylic acids is 2. The second-order valence-electron chi connectivity index (χ2n) is 6.18. The number of anilines is 1. The van der Waals surface area contributed by atoms with Gasteiger partial charge in [-0.25, -0.2) is 9.97 Å². The zero-order chi connectivity index (χ0) is 20.8. The number of benzene rings is 2. The molecular weight excluding hydrogens is 370 g/mol. The first-order valence-electron chi connectivity index (χ1n) is 8.88. The minimum Gasteiger partial charge on any atom is -0.497 e. The zero-order valence-corrected chi connectivity index (χ0v) is 16.1. The van der Waals surface area contributed by atoms with Gasteiger partial charge in [0.05, 0.1) is 19.0 Å². The lowest BCUT2D eigenvalue weighted by Crippen LogP contribution is -2.23. The molecule has 0 aliphatic heterocycles. The number of carbonyl (C=O) groups is 2. The fourth-order valence-electron chi connectivity index (χ4n) is 2.71. The first kappa shape index (κ1) is 19.8. The summed E-state index contributed by atoms with van der Waals surface area (Å²) < 4.78 is 5.19. The lowest BCUT2D eigenvalue weighted by atomic mass is 10.1. The van der Waals surface area contributed by atoms with E-state index in [2.05, 4.69) is 20.6 Å². The van der Waals surface area contributed by atoms with Crippen molar-refractivity contribution in [2.75, 3.05) is 19.9 Å². The first-order chi connectivity index (χ1) is 14.0. The molecule has 8 nitrogen and oxygen atoms in total. The van der Waals surface area contributed by atoms with E-state index in [1.54, 1.807) is 31.4 Å². The smallest absolute Gasteiger partial charge is 0.273 e. The molecule has 0 fully saturated rings. The number of nitrogens with one attached hydrogen (secondary N) is 2. The third-order valence-corrected chi connectivity index (χ3v) is 4.25. The highest BCUT2D eigenvalue weighted by Gasteiger charge is 2.14. The standard InChI is InChI=1S/C21H21N5O3/c1-23-21(28)18-19(22)24-12-17(26-18)14-6-4-7-15(10-14)20(27)25-11-13-5-3-8-16(9-13)29-2/h3-10,12H,11H2,1-2H3,(H2,22,24)(H,23,28)(H,25,27). The van der Waals surface area contributed by atoms with Gasteiger partial charge in [0.15, 0.2) is 11.5 Å². The molecule has 8 heteroatoms. The number of rotatable bonds is 6. The molecule has 1 aromatic heterocycles. The fourth-order valence-corrected chi connectivity index (χ4v) is 2.71. The summed E-state index contributed by atoms with van der Waals surface area (Å²) >= 11 is 0. The average Bonchev–Trinajstić information content (AvgIpc) is 2.77. The Hall–Kier alpha value is -3.94. The topological polar surface area (TPSA) is 119 Å². The third-order valence-electron chi connectivity index (χ3n) is 4.25. The molecule has 0 aliphatic rings. The molecule has 2 aromatic carbocycles. The quantitative estimate of drug-likeness (QED) is 0.591. The molecule has 0 saturated heterocycles. The van der Waals surface area contributed by atoms with E-state index >= 15 is 0 Å². The van der Waals surface area contributed by atoms with E-state index in [1.165, 1.54) is 13.2 Å². The molecule has 0 spiro atoms. The molecule has 0 atom stereocenters. The highest BCUT2D eigenvalue weighted by molar-refractivity contribution is 5.97. The van der Waals surface area contributed by atoms with Crippen LogP contribution in [0.1, 0.15) is 26.4 Å². The van der Waals surface area contributed by atoms with Gasteiger partial charge in [0.2, 0.25) is 0 Å². The van der Waals surface area contributed by atoms with E-state index in [1.807, 2.05) is 24.3 Å². The van der Waals surface area contributed by atoms with Gasteiger partial charge >= 0.3 is 0 Å². The summed E-state index contributed by atoms with van der Waals surface area (Å²) in [5.41, 5.74) is 8.25. The van der Waals surface area contributed by atoms with Gasteiger partial charge in [-0.15, -0.1) is 0 Å². The number of methoxy groups -OCH3 is 1. The molecule has 0 radical (unpaired) electrons. The Bertz CT molecular complexity index is 1050. The van der Waals surface area contributed by atoms with Gasteiger partial charge in [-0.2, -0.15) is 0 Å². The Balaban J connectivity index is 1.78. The van der Waals surface area contributed by atoms with Gasteiger partial charge in [0.25, 0.3) is 11.8 Å². The maximum atomic E-state index is 12.6. The molecule has 2 amide bonds. The maximum Gasteiger partial charge on any atom is 0.273 e. The Morgan fingerprint density at radius 3 is 2.66 bits per heavy atom. The number of aromatic nitrogens is 2. The first-order valence-corrected chi connectivity index (χ1v) is 8.88. The number of amides is 2. The molecule has 4 N–H and O–H groups in total. The summed E-state index contributed by atoms with van der Waals surface area (Å²) in [4.78, 5) is 32.8. The zero-order valence-electron chi connectivity index (χ0n) is 16.1. The van der Waals surface area contributed by atoms with Crippen LogP contribution < -0.4 is 21.1 Å². The number of ether oxygens (including phenoxy) is 1. The third kappa shape index (κ3) is 4.67. The fraction of sp³-hybridized carbons (Fsp3) is 0.143. The highest BCUT2D eigenvalue weighted by Crippen LogP contribution is 2.20. The molecule has 0 bridgehead atoms. The average molecular weight is 391 g/mol. The SMILES string of the molecule is CNC(=O)c1nc(-c2cccc(C(=O)NCc3cccc(OC)c3)c2)cnc1N. The molecule has 3 rings (SSSR count). The van der Waals surface area contributed by atoms with Crippen LogP contribution in [-0.4, -0.2) is 35.9 Å². The van der Waals surface area contributed by atoms with Crippen molar-refractivity contribution in [1.82, 2.24) is 20.6 Å². The van der Waals surface area contributed by atoms with Crippen molar-refractivity contribution in [2.24, 2.45) is 0 Å². The Kier molecular flexibility index (Phi) is 6.03. The lowest BCUT2D eigenvalue weighted by Gasteiger charge is -2.09. The van der Waals surface area contributed by atoms with E-state index < -0.39 is 5.91 Å². The highest BCUT2D eigenvalue weighted by atomic mass is 16.5. The van der Waals surface area contributed by atoms with E-state index in [4.69, 9.17) is 10.5 Å². The molecule has 3 aromatic rings. The van der Waals surface area contributed by atoms with Crippen LogP contribution in [0.5, 0.6) is 5.75 Å². The molecule has 148 valence electrons. The number of nitrogens with two attached hydrogens (primary N) is 1. The Morgan fingerprint density at radius 1 is 1.10 bits per heavy atom. The van der Waals surface area contributed by atoms with Crippen molar-refractivity contribution in [3.05, 3.63) is 71.5 Å². The van der Waals surface area contributed by atoms with Crippen LogP contribution in [0.3, 0.4) is 0 Å². The normalized spacial score (nSPS) is 10.3. The number of nitrogen functional groups attached to an aromatic ring is 1. The molecule has 29 heavy (non-hydrogen) atoms. The van der Waals surface area contributed by atoms with Crippen molar-refractivity contribution in [1.29, 1.82) is 0 Å². The van der Waals surface area contributed by atoms with Gasteiger partial charge in [-0.3, -0.25) is 9.59 Å². The molecule has 0 aliphatic carbocycles. The van der Waals surface area contributed by atoms with Crippen molar-refractivity contribution in [3.8, 4) is 17.0 Å². The van der Waals surface area contributed by atoms with E-state index in [0.717, 1.165) is 11.3 Å². The summed E-state index contributed by atoms with van der Waals surface area (Å²) in [6, 6.07) is 14.4. The van der Waals surface area contributed by atoms with E-state index in [-0.39, 0.29) is 17.4 Å². The van der Waals surface area contributed by atoms with Crippen LogP contribution in [0.25, 0.3) is 11.3 Å². The molecule has 0 saturated carbocycles. The maximum absolute atomic E-state index is 12.6. The van der Waals surface area contributed by atoms with E-state index in [9.17, 15) is 9.59 Å². The van der Waals surface area contributed by atoms with Gasteiger partial charge in [0, 0.05) is 24.7 Å². The minimum absolute atomic E-state index is 0.0397. The second kappa shape index (κ2) is 8.83. The number of hydrogen-bond acceptors (Lipinski definition) is 6. The number of hydrogen-bond donors (Lipinski definition) is 3. The van der Waals surface area contributed by atoms with Crippen LogP contribution in [0.2, 0.25) is 0 Å². The van der Waals surface area contributed by atoms with Gasteiger partial charge in [-0.05, 0) is 29.8 Å². The van der Waals surface area contributed by atoms with E-state index in [0.29, 0.717) is 23.4 Å². The Labute approximate surface area is 168 Å². The van der Waals surface area contributed by atoms with Crippen molar-refractivity contribution in [2.45, 2.75) is 6.54 Å². The van der Waals surface area contributed by atoms with Crippen LogP contribution in [0.15, 0.2) is 54.7 Å². The Morgan fingerprint density at radius 2 is 1.90 bits per heavy atom. The second-order valence-corrected chi connectivity index (χ2v) is 6.18. The molecular formula is C21H21N5O3. The minimum atomic E-state index is -0.427. The van der Waals surface area contributed by atoms with Gasteiger partial charge in [-0.1, -0.05) is 24.3 Å². The predicted molar refractivity (Wildman–Crippen MR) is 109 cm³/mol. The molecule has 1 heterocycles. The lowest BCUT2D eigenvalue weighted by molar-refractivity contribution is 0.0945. The van der Waals surface area contributed by atoms with Crippen molar-refractivity contribution < 1.29 is 14.3 Å². The van der Waals surface area contributed by atoms with Crippen LogP contribution in [-0.2, 0) is 6.54 Å². The summed E-state index contributed by atoms with van der Waals surface area (Å²) in [5.74, 6) is 0.113.